The molecule has 2 aromatic rings. The monoisotopic (exact) mass is 396 g/mol. The quantitative estimate of drug-likeness (QED) is 0.846. The molecule has 2 fully saturated rings. The molecule has 6 nitrogen and oxygen atoms in total. The fraction of sp³-hybridized carbons (Fsp3) is 0.364. The minimum Gasteiger partial charge on any atom is -0.326 e. The zero-order valence-electron chi connectivity index (χ0n) is 16.5. The number of hydrogen-bond acceptors (Lipinski definition) is 3. The molecule has 1 N–H and O–H groups in total. The smallest absolute Gasteiger partial charge is 0.320 e. The molecular weight excluding hydrogens is 371 g/mol. The Labute approximate surface area is 169 Å². The van der Waals surface area contributed by atoms with E-state index in [0.717, 1.165) is 30.9 Å². The first-order chi connectivity index (χ1) is 14.0. The second kappa shape index (κ2) is 8.21. The van der Waals surface area contributed by atoms with Crippen molar-refractivity contribution >= 4 is 17.6 Å². The van der Waals surface area contributed by atoms with Crippen LogP contribution >= 0.6 is 0 Å². The second-order valence-corrected chi connectivity index (χ2v) is 7.75. The lowest BCUT2D eigenvalue weighted by Crippen LogP contribution is -2.51. The molecule has 7 heteroatoms. The van der Waals surface area contributed by atoms with Crippen LogP contribution in [0.5, 0.6) is 0 Å². The molecule has 2 saturated heterocycles. The molecule has 0 radical (unpaired) electrons. The fourth-order valence-electron chi connectivity index (χ4n) is 4.08. The van der Waals surface area contributed by atoms with Crippen molar-refractivity contribution in [2.75, 3.05) is 31.5 Å². The summed E-state index contributed by atoms with van der Waals surface area (Å²) in [5.41, 5.74) is 2.92. The number of piperazine rings is 1. The summed E-state index contributed by atoms with van der Waals surface area (Å²) in [6.45, 7) is 5.89. The molecule has 0 aliphatic carbocycles. The van der Waals surface area contributed by atoms with Gasteiger partial charge in [-0.3, -0.25) is 9.69 Å². The van der Waals surface area contributed by atoms with Crippen molar-refractivity contribution < 1.29 is 14.0 Å². The number of carbonyl (C=O) groups excluding carboxylic acids is 2. The third kappa shape index (κ3) is 4.56. The van der Waals surface area contributed by atoms with Crippen molar-refractivity contribution in [3.8, 4) is 0 Å². The largest absolute Gasteiger partial charge is 0.326 e. The Morgan fingerprint density at radius 2 is 1.66 bits per heavy atom. The number of benzene rings is 2. The molecule has 0 saturated carbocycles. The molecule has 0 aromatic heterocycles. The Kier molecular flexibility index (Phi) is 5.49. The summed E-state index contributed by atoms with van der Waals surface area (Å²) in [5.74, 6) is -0.343. The number of urea groups is 1. The predicted octanol–water partition coefficient (Wildman–Crippen LogP) is 2.91. The number of rotatable bonds is 5. The summed E-state index contributed by atoms with van der Waals surface area (Å²) < 4.78 is 13.1. The summed E-state index contributed by atoms with van der Waals surface area (Å²) in [6, 6.07) is 14.5. The van der Waals surface area contributed by atoms with Crippen LogP contribution in [-0.2, 0) is 17.9 Å². The lowest BCUT2D eigenvalue weighted by atomic mass is 10.1. The summed E-state index contributed by atoms with van der Waals surface area (Å²) in [7, 11) is 0. The summed E-state index contributed by atoms with van der Waals surface area (Å²) in [4.78, 5) is 30.0. The van der Waals surface area contributed by atoms with Crippen LogP contribution in [0.15, 0.2) is 48.5 Å². The van der Waals surface area contributed by atoms with Gasteiger partial charge in [-0.25, -0.2) is 9.18 Å². The average molecular weight is 396 g/mol. The standard InChI is InChI=1S/C22H25FN4O2/c1-16(28)24-20-8-4-17(5-9-20)12-25-10-11-27-21(14-25)15-26(22(27)29)13-18-2-6-19(23)7-3-18/h2-9,21H,10-15H2,1H3,(H,24,28)/t21-/m1/s1. The zero-order valence-corrected chi connectivity index (χ0v) is 16.5. The minimum atomic E-state index is -0.264. The van der Waals surface area contributed by atoms with Gasteiger partial charge in [0.25, 0.3) is 0 Å². The maximum atomic E-state index is 13.1. The van der Waals surface area contributed by atoms with E-state index in [1.165, 1.54) is 24.6 Å². The Hall–Kier alpha value is -2.93. The molecule has 4 rings (SSSR count). The van der Waals surface area contributed by atoms with Crippen LogP contribution in [0.1, 0.15) is 18.1 Å². The number of nitrogens with one attached hydrogen (secondary N) is 1. The molecule has 2 heterocycles. The molecular formula is C22H25FN4O2. The van der Waals surface area contributed by atoms with Gasteiger partial charge in [0.15, 0.2) is 0 Å². The molecule has 2 aliphatic heterocycles. The first-order valence-corrected chi connectivity index (χ1v) is 9.87. The number of halogens is 1. The Bertz CT molecular complexity index is 885. The number of carbonyl (C=O) groups is 2. The van der Waals surface area contributed by atoms with E-state index in [1.807, 2.05) is 34.1 Å². The highest BCUT2D eigenvalue weighted by atomic mass is 19.1. The fourth-order valence-corrected chi connectivity index (χ4v) is 4.08. The SMILES string of the molecule is CC(=O)Nc1ccc(CN2CCN3C(=O)N(Cc4ccc(F)cc4)C[C@H]3C2)cc1. The number of fused-ring (bicyclic) bond motifs is 1. The van der Waals surface area contributed by atoms with Crippen molar-refractivity contribution in [2.45, 2.75) is 26.1 Å². The lowest BCUT2D eigenvalue weighted by Gasteiger charge is -2.36. The summed E-state index contributed by atoms with van der Waals surface area (Å²) in [6.07, 6.45) is 0. The van der Waals surface area contributed by atoms with Gasteiger partial charge < -0.3 is 15.1 Å². The van der Waals surface area contributed by atoms with Gasteiger partial charge >= 0.3 is 6.03 Å². The van der Waals surface area contributed by atoms with Crippen LogP contribution in [0.4, 0.5) is 14.9 Å². The summed E-state index contributed by atoms with van der Waals surface area (Å²) >= 11 is 0. The minimum absolute atomic E-state index is 0.0682. The average Bonchev–Trinajstić information content (AvgIpc) is 3.00. The van der Waals surface area contributed by atoms with E-state index >= 15 is 0 Å². The van der Waals surface area contributed by atoms with E-state index in [9.17, 15) is 14.0 Å². The highest BCUT2D eigenvalue weighted by Gasteiger charge is 2.40. The van der Waals surface area contributed by atoms with Crippen molar-refractivity contribution in [3.63, 3.8) is 0 Å². The van der Waals surface area contributed by atoms with Crippen LogP contribution in [0.25, 0.3) is 0 Å². The Morgan fingerprint density at radius 1 is 1.00 bits per heavy atom. The van der Waals surface area contributed by atoms with Crippen LogP contribution in [0.3, 0.4) is 0 Å². The first kappa shape index (κ1) is 19.4. The van der Waals surface area contributed by atoms with Crippen LogP contribution < -0.4 is 5.32 Å². The van der Waals surface area contributed by atoms with E-state index in [2.05, 4.69) is 10.2 Å². The molecule has 1 atom stereocenters. The number of nitrogens with zero attached hydrogens (tertiary/aromatic N) is 3. The molecule has 0 bridgehead atoms. The third-order valence-corrected chi connectivity index (χ3v) is 5.48. The molecule has 3 amide bonds. The van der Waals surface area contributed by atoms with Gasteiger partial charge in [0.2, 0.25) is 5.91 Å². The molecule has 152 valence electrons. The van der Waals surface area contributed by atoms with Gasteiger partial charge in [0.1, 0.15) is 5.82 Å². The third-order valence-electron chi connectivity index (χ3n) is 5.48. The van der Waals surface area contributed by atoms with Gasteiger partial charge in [-0.05, 0) is 35.4 Å². The Morgan fingerprint density at radius 3 is 2.34 bits per heavy atom. The predicted molar refractivity (Wildman–Crippen MR) is 109 cm³/mol. The topological polar surface area (TPSA) is 55.9 Å². The number of hydrogen-bond donors (Lipinski definition) is 1. The van der Waals surface area contributed by atoms with Gasteiger partial charge in [-0.2, -0.15) is 0 Å². The number of anilines is 1. The van der Waals surface area contributed by atoms with Crippen molar-refractivity contribution in [1.82, 2.24) is 14.7 Å². The Balaban J connectivity index is 1.34. The summed E-state index contributed by atoms with van der Waals surface area (Å²) in [5, 5.41) is 2.78. The second-order valence-electron chi connectivity index (χ2n) is 7.75. The van der Waals surface area contributed by atoms with E-state index in [-0.39, 0.29) is 23.8 Å². The molecule has 0 spiro atoms. The maximum absolute atomic E-state index is 13.1. The van der Waals surface area contributed by atoms with Crippen molar-refractivity contribution in [1.29, 1.82) is 0 Å². The van der Waals surface area contributed by atoms with Crippen LogP contribution in [0.2, 0.25) is 0 Å². The highest BCUT2D eigenvalue weighted by molar-refractivity contribution is 5.88. The molecule has 2 aromatic carbocycles. The number of amides is 3. The van der Waals surface area contributed by atoms with Gasteiger partial charge in [0, 0.05) is 51.9 Å². The van der Waals surface area contributed by atoms with Crippen molar-refractivity contribution in [2.24, 2.45) is 0 Å². The lowest BCUT2D eigenvalue weighted by molar-refractivity contribution is -0.114. The van der Waals surface area contributed by atoms with Crippen molar-refractivity contribution in [3.05, 3.63) is 65.5 Å². The van der Waals surface area contributed by atoms with E-state index in [4.69, 9.17) is 0 Å². The van der Waals surface area contributed by atoms with Crippen LogP contribution in [0, 0.1) is 5.82 Å². The van der Waals surface area contributed by atoms with Gasteiger partial charge in [-0.15, -0.1) is 0 Å². The van der Waals surface area contributed by atoms with E-state index < -0.39 is 0 Å². The van der Waals surface area contributed by atoms with E-state index in [0.29, 0.717) is 19.6 Å². The van der Waals surface area contributed by atoms with Gasteiger partial charge in [-0.1, -0.05) is 24.3 Å². The first-order valence-electron chi connectivity index (χ1n) is 9.87. The normalized spacial score (nSPS) is 19.4. The molecule has 2 aliphatic rings. The zero-order chi connectivity index (χ0) is 20.4. The molecule has 0 unspecified atom stereocenters. The maximum Gasteiger partial charge on any atom is 0.320 e. The van der Waals surface area contributed by atoms with E-state index in [1.54, 1.807) is 12.1 Å². The van der Waals surface area contributed by atoms with Crippen LogP contribution in [-0.4, -0.2) is 58.9 Å². The van der Waals surface area contributed by atoms with Gasteiger partial charge in [0.05, 0.1) is 6.04 Å². The highest BCUT2D eigenvalue weighted by Crippen LogP contribution is 2.24. The molecule has 29 heavy (non-hydrogen) atoms.